The van der Waals surface area contributed by atoms with Crippen molar-refractivity contribution in [3.63, 3.8) is 0 Å². The van der Waals surface area contributed by atoms with Crippen molar-refractivity contribution in [1.82, 2.24) is 0 Å². The zero-order chi connectivity index (χ0) is 12.3. The van der Waals surface area contributed by atoms with Crippen LogP contribution in [-0.2, 0) is 14.4 Å². The molecule has 0 aromatic carbocycles. The molecule has 16 heavy (non-hydrogen) atoms. The number of aliphatic hydroxyl groups excluding tert-OH is 1. The number of hydrogen-bond donors (Lipinski definition) is 1. The first-order valence-corrected chi connectivity index (χ1v) is 7.25. The lowest BCUT2D eigenvalue weighted by atomic mass is 10.1. The van der Waals surface area contributed by atoms with Crippen molar-refractivity contribution in [3.05, 3.63) is 11.3 Å². The van der Waals surface area contributed by atoms with E-state index >= 15 is 0 Å². The Balaban J connectivity index is 3.01. The predicted octanol–water partition coefficient (Wildman–Crippen LogP) is 1.01. The standard InChI is InChI=1S/C11H19NO3S/c1-8(2)6-15-11-7-16(4,14)12-5-10(11)9(3)13/h5,7-9,13H,6H2,1-4H3/t9-,16?/m1/s1. The highest BCUT2D eigenvalue weighted by atomic mass is 32.2. The first-order chi connectivity index (χ1) is 7.32. The maximum Gasteiger partial charge on any atom is 0.136 e. The van der Waals surface area contributed by atoms with Gasteiger partial charge in [-0.2, -0.15) is 0 Å². The number of rotatable bonds is 4. The fraction of sp³-hybridized carbons (Fsp3) is 0.636. The van der Waals surface area contributed by atoms with Crippen LogP contribution in [0.2, 0.25) is 0 Å². The van der Waals surface area contributed by atoms with E-state index < -0.39 is 15.8 Å². The van der Waals surface area contributed by atoms with Gasteiger partial charge in [-0.05, 0) is 12.8 Å². The summed E-state index contributed by atoms with van der Waals surface area (Å²) in [7, 11) is -2.35. The third-order valence-corrected chi connectivity index (χ3v) is 3.21. The summed E-state index contributed by atoms with van der Waals surface area (Å²) in [4.78, 5) is 0. The van der Waals surface area contributed by atoms with Crippen LogP contribution in [0.15, 0.2) is 15.7 Å². The molecule has 0 saturated heterocycles. The first kappa shape index (κ1) is 13.3. The molecule has 1 rings (SSSR count). The van der Waals surface area contributed by atoms with Gasteiger partial charge in [0, 0.05) is 18.0 Å². The predicted molar refractivity (Wildman–Crippen MR) is 68.1 cm³/mol. The smallest absolute Gasteiger partial charge is 0.136 e. The minimum absolute atomic E-state index is 0.378. The molecule has 0 aliphatic carbocycles. The molecular formula is C11H19NO3S. The number of nitrogens with zero attached hydrogens (tertiary/aromatic N) is 1. The molecule has 1 aliphatic heterocycles. The molecule has 92 valence electrons. The topological polar surface area (TPSA) is 58.9 Å². The zero-order valence-electron chi connectivity index (χ0n) is 10.1. The van der Waals surface area contributed by atoms with E-state index in [2.05, 4.69) is 4.40 Å². The molecule has 0 bridgehead atoms. The third kappa shape index (κ3) is 3.64. The van der Waals surface area contributed by atoms with Gasteiger partial charge in [0.2, 0.25) is 0 Å². The van der Waals surface area contributed by atoms with Crippen molar-refractivity contribution < 1.29 is 14.1 Å². The van der Waals surface area contributed by atoms with Crippen LogP contribution in [0.25, 0.3) is 0 Å². The summed E-state index contributed by atoms with van der Waals surface area (Å²) in [6, 6.07) is 0. The number of aliphatic hydroxyl groups is 1. The Kier molecular flexibility index (Phi) is 4.15. The SMILES string of the molecule is CC(C)COC1=C([C@@H](C)O)C=NS(C)(=O)=C1. The van der Waals surface area contributed by atoms with Gasteiger partial charge < -0.3 is 9.84 Å². The van der Waals surface area contributed by atoms with Gasteiger partial charge >= 0.3 is 0 Å². The molecule has 5 heteroatoms. The second kappa shape index (κ2) is 5.01. The summed E-state index contributed by atoms with van der Waals surface area (Å²) in [6.07, 6.45) is 2.32. The highest BCUT2D eigenvalue weighted by molar-refractivity contribution is 7.99. The molecule has 0 amide bonds. The highest BCUT2D eigenvalue weighted by Crippen LogP contribution is 2.14. The van der Waals surface area contributed by atoms with Gasteiger partial charge in [-0.1, -0.05) is 13.8 Å². The van der Waals surface area contributed by atoms with Crippen LogP contribution in [0.3, 0.4) is 0 Å². The van der Waals surface area contributed by atoms with Crippen molar-refractivity contribution in [1.29, 1.82) is 0 Å². The monoisotopic (exact) mass is 245 g/mol. The van der Waals surface area contributed by atoms with Crippen molar-refractivity contribution in [2.75, 3.05) is 12.9 Å². The third-order valence-electron chi connectivity index (χ3n) is 2.03. The van der Waals surface area contributed by atoms with Crippen LogP contribution < -0.4 is 0 Å². The molecule has 2 atom stereocenters. The van der Waals surface area contributed by atoms with E-state index in [9.17, 15) is 9.32 Å². The molecule has 0 fully saturated rings. The van der Waals surface area contributed by atoms with E-state index in [1.165, 1.54) is 11.6 Å². The van der Waals surface area contributed by atoms with E-state index in [1.54, 1.807) is 13.2 Å². The van der Waals surface area contributed by atoms with Crippen LogP contribution in [-0.4, -0.2) is 39.9 Å². The summed E-state index contributed by atoms with van der Waals surface area (Å²) >= 11 is 0. The van der Waals surface area contributed by atoms with Crippen LogP contribution in [0.1, 0.15) is 20.8 Å². The minimum Gasteiger partial charge on any atom is -0.492 e. The van der Waals surface area contributed by atoms with Crippen LogP contribution >= 0.6 is 0 Å². The van der Waals surface area contributed by atoms with Gasteiger partial charge in [0.1, 0.15) is 5.76 Å². The second-order valence-electron chi connectivity index (χ2n) is 4.41. The summed E-state index contributed by atoms with van der Waals surface area (Å²) in [5, 5.41) is 11.0. The molecule has 1 unspecified atom stereocenters. The second-order valence-corrected chi connectivity index (χ2v) is 6.58. The first-order valence-electron chi connectivity index (χ1n) is 5.26. The lowest BCUT2D eigenvalue weighted by molar-refractivity contribution is 0.182. The van der Waals surface area contributed by atoms with Crippen LogP contribution in [0.4, 0.5) is 0 Å². The van der Waals surface area contributed by atoms with E-state index in [-0.39, 0.29) is 0 Å². The van der Waals surface area contributed by atoms with Gasteiger partial charge in [0.05, 0.1) is 27.8 Å². The zero-order valence-corrected chi connectivity index (χ0v) is 11.0. The minimum atomic E-state index is -2.35. The van der Waals surface area contributed by atoms with Crippen molar-refractivity contribution in [3.8, 4) is 0 Å². The maximum absolute atomic E-state index is 11.8. The number of allylic oxidation sites excluding steroid dienone is 1. The normalized spacial score (nSPS) is 26.9. The molecular weight excluding hydrogens is 226 g/mol. The molecule has 4 nitrogen and oxygen atoms in total. The van der Waals surface area contributed by atoms with Crippen LogP contribution in [0, 0.1) is 5.92 Å². The van der Waals surface area contributed by atoms with Gasteiger partial charge in [-0.3, -0.25) is 0 Å². The summed E-state index contributed by atoms with van der Waals surface area (Å²) in [6.45, 7) is 6.23. The highest BCUT2D eigenvalue weighted by Gasteiger charge is 2.16. The Morgan fingerprint density at radius 1 is 1.50 bits per heavy atom. The largest absolute Gasteiger partial charge is 0.492 e. The van der Waals surface area contributed by atoms with E-state index in [1.807, 2.05) is 13.8 Å². The number of hydrogen-bond acceptors (Lipinski definition) is 3. The fourth-order valence-corrected chi connectivity index (χ4v) is 2.19. The maximum atomic E-state index is 11.8. The summed E-state index contributed by atoms with van der Waals surface area (Å²) < 4.78 is 21.2. The average molecular weight is 245 g/mol. The molecule has 1 N–H and O–H groups in total. The van der Waals surface area contributed by atoms with Gasteiger partial charge in [-0.25, -0.2) is 8.61 Å². The Hall–Kier alpha value is -0.810. The van der Waals surface area contributed by atoms with Crippen molar-refractivity contribution >= 4 is 21.3 Å². The molecule has 1 aliphatic rings. The molecule has 0 saturated carbocycles. The van der Waals surface area contributed by atoms with Crippen molar-refractivity contribution in [2.24, 2.45) is 10.3 Å². The molecule has 0 aromatic heterocycles. The van der Waals surface area contributed by atoms with Crippen molar-refractivity contribution in [2.45, 2.75) is 26.9 Å². The summed E-state index contributed by atoms with van der Waals surface area (Å²) in [5.41, 5.74) is 0.585. The van der Waals surface area contributed by atoms with Gasteiger partial charge in [0.25, 0.3) is 0 Å². The fourth-order valence-electron chi connectivity index (χ4n) is 1.21. The summed E-state index contributed by atoms with van der Waals surface area (Å²) in [5.74, 6) is 0.870. The Bertz CT molecular complexity index is 427. The lowest BCUT2D eigenvalue weighted by Crippen LogP contribution is -2.19. The van der Waals surface area contributed by atoms with E-state index in [0.29, 0.717) is 23.9 Å². The molecule has 1 heterocycles. The quantitative estimate of drug-likeness (QED) is 0.752. The van der Waals surface area contributed by atoms with Crippen LogP contribution in [0.5, 0.6) is 0 Å². The lowest BCUT2D eigenvalue weighted by Gasteiger charge is -2.18. The molecule has 0 radical (unpaired) electrons. The molecule has 0 aromatic rings. The molecule has 0 spiro atoms. The van der Waals surface area contributed by atoms with Gasteiger partial charge in [0.15, 0.2) is 0 Å². The number of ether oxygens (including phenoxy) is 1. The van der Waals surface area contributed by atoms with E-state index in [0.717, 1.165) is 0 Å². The Morgan fingerprint density at radius 3 is 2.62 bits per heavy atom. The van der Waals surface area contributed by atoms with E-state index in [4.69, 9.17) is 4.74 Å². The Morgan fingerprint density at radius 2 is 2.12 bits per heavy atom. The average Bonchev–Trinajstić information content (AvgIpc) is 2.12. The Labute approximate surface area is 97.2 Å². The van der Waals surface area contributed by atoms with Gasteiger partial charge in [-0.15, -0.1) is 0 Å².